The Morgan fingerprint density at radius 3 is 2.78 bits per heavy atom. The van der Waals surface area contributed by atoms with Gasteiger partial charge in [-0.25, -0.2) is 4.79 Å². The summed E-state index contributed by atoms with van der Waals surface area (Å²) in [7, 11) is 0. The van der Waals surface area contributed by atoms with Crippen LogP contribution >= 0.6 is 0 Å². The van der Waals surface area contributed by atoms with Crippen LogP contribution in [0, 0.1) is 0 Å². The van der Waals surface area contributed by atoms with E-state index in [4.69, 9.17) is 9.84 Å². The van der Waals surface area contributed by atoms with Crippen molar-refractivity contribution in [3.63, 3.8) is 0 Å². The SMILES string of the molecule is O=C(O)c1cc2ccc(C3CCOCC3)cc2[nH]1. The maximum Gasteiger partial charge on any atom is 0.352 e. The maximum absolute atomic E-state index is 10.9. The number of carboxylic acids is 1. The van der Waals surface area contributed by atoms with Crippen molar-refractivity contribution in [2.75, 3.05) is 13.2 Å². The van der Waals surface area contributed by atoms with E-state index in [9.17, 15) is 4.79 Å². The van der Waals surface area contributed by atoms with Crippen LogP contribution < -0.4 is 0 Å². The number of carboxylic acid groups (broad SMARTS) is 1. The number of rotatable bonds is 2. The highest BCUT2D eigenvalue weighted by Crippen LogP contribution is 2.29. The number of nitrogens with one attached hydrogen (secondary N) is 1. The largest absolute Gasteiger partial charge is 0.477 e. The minimum Gasteiger partial charge on any atom is -0.477 e. The fourth-order valence-electron chi connectivity index (χ4n) is 2.54. The van der Waals surface area contributed by atoms with Crippen LogP contribution in [-0.4, -0.2) is 29.3 Å². The third kappa shape index (κ3) is 1.99. The molecule has 3 rings (SSSR count). The predicted molar refractivity (Wildman–Crippen MR) is 68.1 cm³/mol. The van der Waals surface area contributed by atoms with Crippen molar-refractivity contribution in [3.8, 4) is 0 Å². The molecule has 94 valence electrons. The maximum atomic E-state index is 10.9. The van der Waals surface area contributed by atoms with Gasteiger partial charge in [-0.05, 0) is 36.5 Å². The van der Waals surface area contributed by atoms with Crippen LogP contribution in [0.15, 0.2) is 24.3 Å². The Hall–Kier alpha value is -1.81. The van der Waals surface area contributed by atoms with Gasteiger partial charge in [0.2, 0.25) is 0 Å². The second-order valence-corrected chi connectivity index (χ2v) is 4.72. The molecule has 0 aliphatic carbocycles. The van der Waals surface area contributed by atoms with E-state index < -0.39 is 5.97 Å². The Labute approximate surface area is 105 Å². The number of H-pyrrole nitrogens is 1. The summed E-state index contributed by atoms with van der Waals surface area (Å²) in [6.45, 7) is 1.63. The van der Waals surface area contributed by atoms with E-state index in [0.29, 0.717) is 5.92 Å². The first-order valence-corrected chi connectivity index (χ1v) is 6.18. The molecule has 4 nitrogen and oxygen atoms in total. The van der Waals surface area contributed by atoms with Crippen LogP contribution in [0.1, 0.15) is 34.8 Å². The molecule has 1 aliphatic rings. The second kappa shape index (κ2) is 4.46. The van der Waals surface area contributed by atoms with E-state index in [2.05, 4.69) is 17.1 Å². The number of hydrogen-bond acceptors (Lipinski definition) is 2. The Morgan fingerprint density at radius 2 is 2.06 bits per heavy atom. The monoisotopic (exact) mass is 245 g/mol. The van der Waals surface area contributed by atoms with Gasteiger partial charge >= 0.3 is 5.97 Å². The van der Waals surface area contributed by atoms with Crippen molar-refractivity contribution in [2.24, 2.45) is 0 Å². The Bertz CT molecular complexity index is 582. The van der Waals surface area contributed by atoms with Gasteiger partial charge in [-0.15, -0.1) is 0 Å². The summed E-state index contributed by atoms with van der Waals surface area (Å²) >= 11 is 0. The molecule has 18 heavy (non-hydrogen) atoms. The summed E-state index contributed by atoms with van der Waals surface area (Å²) in [5.74, 6) is -0.390. The lowest BCUT2D eigenvalue weighted by Gasteiger charge is -2.22. The molecule has 2 N–H and O–H groups in total. The van der Waals surface area contributed by atoms with Crippen molar-refractivity contribution in [1.29, 1.82) is 0 Å². The van der Waals surface area contributed by atoms with Crippen LogP contribution in [0.2, 0.25) is 0 Å². The molecule has 0 unspecified atom stereocenters. The number of aromatic amines is 1. The smallest absolute Gasteiger partial charge is 0.352 e. The van der Waals surface area contributed by atoms with E-state index in [-0.39, 0.29) is 5.69 Å². The number of carbonyl (C=O) groups is 1. The molecule has 4 heteroatoms. The van der Waals surface area contributed by atoms with Crippen LogP contribution in [0.3, 0.4) is 0 Å². The highest BCUT2D eigenvalue weighted by atomic mass is 16.5. The summed E-state index contributed by atoms with van der Waals surface area (Å²) in [6, 6.07) is 7.82. The standard InChI is InChI=1S/C14H15NO3/c16-14(17)13-8-11-2-1-10(7-12(11)15-13)9-3-5-18-6-4-9/h1-2,7-9,15H,3-6H2,(H,16,17). The van der Waals surface area contributed by atoms with E-state index in [1.54, 1.807) is 6.07 Å². The molecule has 1 aromatic carbocycles. The minimum absolute atomic E-state index is 0.245. The van der Waals surface area contributed by atoms with Gasteiger partial charge in [-0.1, -0.05) is 12.1 Å². The molecule has 0 spiro atoms. The fraction of sp³-hybridized carbons (Fsp3) is 0.357. The van der Waals surface area contributed by atoms with Crippen molar-refractivity contribution in [1.82, 2.24) is 4.98 Å². The average molecular weight is 245 g/mol. The molecular formula is C14H15NO3. The highest BCUT2D eigenvalue weighted by Gasteiger charge is 2.16. The number of aromatic nitrogens is 1. The summed E-state index contributed by atoms with van der Waals surface area (Å²) < 4.78 is 5.36. The van der Waals surface area contributed by atoms with Gasteiger partial charge < -0.3 is 14.8 Å². The van der Waals surface area contributed by atoms with Crippen LogP contribution in [-0.2, 0) is 4.74 Å². The van der Waals surface area contributed by atoms with Gasteiger partial charge in [0.25, 0.3) is 0 Å². The number of benzene rings is 1. The van der Waals surface area contributed by atoms with Crippen LogP contribution in [0.4, 0.5) is 0 Å². The van der Waals surface area contributed by atoms with Crippen molar-refractivity contribution in [2.45, 2.75) is 18.8 Å². The first-order valence-electron chi connectivity index (χ1n) is 6.18. The van der Waals surface area contributed by atoms with E-state index >= 15 is 0 Å². The molecule has 1 fully saturated rings. The number of ether oxygens (including phenoxy) is 1. The quantitative estimate of drug-likeness (QED) is 0.855. The van der Waals surface area contributed by atoms with Crippen molar-refractivity contribution >= 4 is 16.9 Å². The Morgan fingerprint density at radius 1 is 1.28 bits per heavy atom. The number of fused-ring (bicyclic) bond motifs is 1. The van der Waals surface area contributed by atoms with Gasteiger partial charge in [0.15, 0.2) is 0 Å². The lowest BCUT2D eigenvalue weighted by molar-refractivity contribution is 0.0691. The zero-order valence-electron chi connectivity index (χ0n) is 9.98. The Balaban J connectivity index is 1.96. The first-order chi connectivity index (χ1) is 8.74. The predicted octanol–water partition coefficient (Wildman–Crippen LogP) is 2.76. The molecule has 0 saturated carbocycles. The second-order valence-electron chi connectivity index (χ2n) is 4.72. The van der Waals surface area contributed by atoms with Gasteiger partial charge in [-0.2, -0.15) is 0 Å². The first kappa shape index (κ1) is 11.3. The van der Waals surface area contributed by atoms with Gasteiger partial charge in [0, 0.05) is 24.1 Å². The number of aromatic carboxylic acids is 1. The lowest BCUT2D eigenvalue weighted by atomic mass is 9.91. The van der Waals surface area contributed by atoms with Crippen LogP contribution in [0.25, 0.3) is 10.9 Å². The van der Waals surface area contributed by atoms with Gasteiger partial charge in [-0.3, -0.25) is 0 Å². The van der Waals surface area contributed by atoms with E-state index in [0.717, 1.165) is 37.0 Å². The van der Waals surface area contributed by atoms with E-state index in [1.165, 1.54) is 5.56 Å². The average Bonchev–Trinajstić information content (AvgIpc) is 2.82. The molecule has 1 aromatic heterocycles. The Kier molecular flexibility index (Phi) is 2.80. The van der Waals surface area contributed by atoms with Gasteiger partial charge in [0.05, 0.1) is 0 Å². The molecule has 0 atom stereocenters. The topological polar surface area (TPSA) is 62.3 Å². The van der Waals surface area contributed by atoms with Crippen LogP contribution in [0.5, 0.6) is 0 Å². The lowest BCUT2D eigenvalue weighted by Crippen LogP contribution is -2.13. The van der Waals surface area contributed by atoms with Crippen molar-refractivity contribution in [3.05, 3.63) is 35.5 Å². The minimum atomic E-state index is -0.918. The molecular weight excluding hydrogens is 230 g/mol. The molecule has 1 saturated heterocycles. The molecule has 1 aliphatic heterocycles. The summed E-state index contributed by atoms with van der Waals surface area (Å²) in [4.78, 5) is 13.9. The summed E-state index contributed by atoms with van der Waals surface area (Å²) in [5.41, 5.74) is 2.41. The highest BCUT2D eigenvalue weighted by molar-refractivity contribution is 5.93. The normalized spacial score (nSPS) is 17.1. The molecule has 2 heterocycles. The van der Waals surface area contributed by atoms with Crippen molar-refractivity contribution < 1.29 is 14.6 Å². The summed E-state index contributed by atoms with van der Waals surface area (Å²) in [5, 5.41) is 9.90. The molecule has 0 amide bonds. The zero-order valence-corrected chi connectivity index (χ0v) is 9.98. The van der Waals surface area contributed by atoms with E-state index in [1.807, 2.05) is 6.07 Å². The number of hydrogen-bond donors (Lipinski definition) is 2. The molecule has 0 radical (unpaired) electrons. The molecule has 2 aromatic rings. The third-order valence-corrected chi connectivity index (χ3v) is 3.57. The third-order valence-electron chi connectivity index (χ3n) is 3.57. The molecule has 0 bridgehead atoms. The summed E-state index contributed by atoms with van der Waals surface area (Å²) in [6.07, 6.45) is 2.08. The van der Waals surface area contributed by atoms with Gasteiger partial charge in [0.1, 0.15) is 5.69 Å². The zero-order chi connectivity index (χ0) is 12.5. The fourth-order valence-corrected chi connectivity index (χ4v) is 2.54.